The van der Waals surface area contributed by atoms with Crippen molar-refractivity contribution in [3.63, 3.8) is 0 Å². The van der Waals surface area contributed by atoms with E-state index >= 15 is 0 Å². The van der Waals surface area contributed by atoms with E-state index in [1.807, 2.05) is 6.07 Å². The minimum atomic E-state index is -0.312. The minimum Gasteiger partial charge on any atom is -0.390 e. The molecular weight excluding hydrogens is 288 g/mol. The molecule has 23 heavy (non-hydrogen) atoms. The third-order valence-electron chi connectivity index (χ3n) is 4.93. The summed E-state index contributed by atoms with van der Waals surface area (Å²) in [6.07, 6.45) is 2.04. The standard InChI is InChI=1S/C18H24N4O/c23-18-11-19-10-17(18)21(12-14-5-2-1-3-6-14)13-15-9-16-7-4-8-22(16)20-15/h1-3,5-6,9,17-19,23H,4,7-8,10-13H2/t17-,18-/m1/s1. The Kier molecular flexibility index (Phi) is 4.16. The van der Waals surface area contributed by atoms with Gasteiger partial charge in [0.05, 0.1) is 17.8 Å². The first-order chi connectivity index (χ1) is 11.3. The molecule has 2 atom stereocenters. The van der Waals surface area contributed by atoms with Crippen LogP contribution in [-0.4, -0.2) is 45.0 Å². The summed E-state index contributed by atoms with van der Waals surface area (Å²) in [4.78, 5) is 2.36. The number of β-amino-alcohol motifs (C(OH)–C–C–N with tert-alkyl or cyclic N) is 1. The molecule has 2 aliphatic rings. The fourth-order valence-corrected chi connectivity index (χ4v) is 3.74. The maximum atomic E-state index is 10.3. The molecule has 5 nitrogen and oxygen atoms in total. The van der Waals surface area contributed by atoms with Crippen molar-refractivity contribution in [2.75, 3.05) is 13.1 Å². The van der Waals surface area contributed by atoms with Crippen LogP contribution in [0.2, 0.25) is 0 Å². The van der Waals surface area contributed by atoms with Crippen molar-refractivity contribution in [3.8, 4) is 0 Å². The fraction of sp³-hybridized carbons (Fsp3) is 0.500. The Balaban J connectivity index is 1.54. The summed E-state index contributed by atoms with van der Waals surface area (Å²) >= 11 is 0. The largest absolute Gasteiger partial charge is 0.390 e. The average Bonchev–Trinajstić information content (AvgIpc) is 3.23. The Morgan fingerprint density at radius 3 is 2.83 bits per heavy atom. The SMILES string of the molecule is O[C@@H]1CNC[C@H]1N(Cc1ccccc1)Cc1cc2n(n1)CCC2. The van der Waals surface area contributed by atoms with Crippen molar-refractivity contribution in [2.45, 2.75) is 44.6 Å². The van der Waals surface area contributed by atoms with E-state index in [2.05, 4.69) is 45.2 Å². The first kappa shape index (κ1) is 14.9. The van der Waals surface area contributed by atoms with Crippen LogP contribution in [0.4, 0.5) is 0 Å². The number of aliphatic hydroxyl groups is 1. The van der Waals surface area contributed by atoms with Crippen molar-refractivity contribution in [1.82, 2.24) is 20.0 Å². The van der Waals surface area contributed by atoms with E-state index in [1.165, 1.54) is 17.7 Å². The molecule has 0 spiro atoms. The topological polar surface area (TPSA) is 53.3 Å². The molecule has 122 valence electrons. The summed E-state index contributed by atoms with van der Waals surface area (Å²) in [5.74, 6) is 0. The number of hydrogen-bond acceptors (Lipinski definition) is 4. The number of rotatable bonds is 5. The second-order valence-corrected chi connectivity index (χ2v) is 6.64. The lowest BCUT2D eigenvalue weighted by atomic mass is 10.1. The van der Waals surface area contributed by atoms with Crippen molar-refractivity contribution in [2.24, 2.45) is 0 Å². The van der Waals surface area contributed by atoms with Gasteiger partial charge in [0.15, 0.2) is 0 Å². The molecule has 1 aromatic heterocycles. The summed E-state index contributed by atoms with van der Waals surface area (Å²) < 4.78 is 2.14. The molecule has 0 saturated carbocycles. The highest BCUT2D eigenvalue weighted by molar-refractivity contribution is 5.17. The molecule has 1 aromatic carbocycles. The zero-order valence-electron chi connectivity index (χ0n) is 13.4. The van der Waals surface area contributed by atoms with E-state index in [0.29, 0.717) is 6.54 Å². The number of aliphatic hydroxyl groups excluding tert-OH is 1. The molecule has 0 aliphatic carbocycles. The van der Waals surface area contributed by atoms with Gasteiger partial charge in [-0.3, -0.25) is 9.58 Å². The van der Waals surface area contributed by atoms with Crippen LogP contribution >= 0.6 is 0 Å². The highest BCUT2D eigenvalue weighted by Crippen LogP contribution is 2.20. The summed E-state index contributed by atoms with van der Waals surface area (Å²) in [7, 11) is 0. The summed E-state index contributed by atoms with van der Waals surface area (Å²) in [6.45, 7) is 4.18. The van der Waals surface area contributed by atoms with Gasteiger partial charge in [-0.2, -0.15) is 5.10 Å². The van der Waals surface area contributed by atoms with Crippen LogP contribution < -0.4 is 5.32 Å². The highest BCUT2D eigenvalue weighted by atomic mass is 16.3. The van der Waals surface area contributed by atoms with Crippen LogP contribution in [0, 0.1) is 0 Å². The fourth-order valence-electron chi connectivity index (χ4n) is 3.74. The van der Waals surface area contributed by atoms with Gasteiger partial charge in [0.2, 0.25) is 0 Å². The maximum Gasteiger partial charge on any atom is 0.0832 e. The normalized spacial score (nSPS) is 23.6. The van der Waals surface area contributed by atoms with Crippen LogP contribution in [0.3, 0.4) is 0 Å². The van der Waals surface area contributed by atoms with E-state index < -0.39 is 0 Å². The molecule has 5 heteroatoms. The molecule has 1 saturated heterocycles. The van der Waals surface area contributed by atoms with Gasteiger partial charge in [-0.1, -0.05) is 30.3 Å². The Bertz CT molecular complexity index is 633. The molecule has 4 rings (SSSR count). The van der Waals surface area contributed by atoms with E-state index in [1.54, 1.807) is 0 Å². The van der Waals surface area contributed by atoms with Crippen LogP contribution in [0.15, 0.2) is 36.4 Å². The van der Waals surface area contributed by atoms with Gasteiger partial charge in [-0.05, 0) is 24.5 Å². The predicted octanol–water partition coefficient (Wildman–Crippen LogP) is 1.16. The second kappa shape index (κ2) is 6.43. The molecule has 1 fully saturated rings. The minimum absolute atomic E-state index is 0.145. The van der Waals surface area contributed by atoms with E-state index in [9.17, 15) is 5.11 Å². The van der Waals surface area contributed by atoms with Crippen LogP contribution in [-0.2, 0) is 26.1 Å². The van der Waals surface area contributed by atoms with Crippen molar-refractivity contribution < 1.29 is 5.11 Å². The van der Waals surface area contributed by atoms with Crippen molar-refractivity contribution in [3.05, 3.63) is 53.3 Å². The lowest BCUT2D eigenvalue weighted by molar-refractivity contribution is 0.0721. The smallest absolute Gasteiger partial charge is 0.0832 e. The maximum absolute atomic E-state index is 10.3. The number of nitrogens with zero attached hydrogens (tertiary/aromatic N) is 3. The Labute approximate surface area is 136 Å². The number of nitrogens with one attached hydrogen (secondary N) is 1. The number of hydrogen-bond donors (Lipinski definition) is 2. The molecule has 2 N–H and O–H groups in total. The Morgan fingerprint density at radius 1 is 1.22 bits per heavy atom. The van der Waals surface area contributed by atoms with E-state index in [0.717, 1.165) is 38.3 Å². The van der Waals surface area contributed by atoms with Gasteiger partial charge < -0.3 is 10.4 Å². The molecule has 0 amide bonds. The average molecular weight is 312 g/mol. The highest BCUT2D eigenvalue weighted by Gasteiger charge is 2.31. The lowest BCUT2D eigenvalue weighted by Crippen LogP contribution is -2.42. The second-order valence-electron chi connectivity index (χ2n) is 6.64. The number of benzene rings is 1. The van der Waals surface area contributed by atoms with E-state index in [-0.39, 0.29) is 12.1 Å². The van der Waals surface area contributed by atoms with Gasteiger partial charge in [0, 0.05) is 38.4 Å². The van der Waals surface area contributed by atoms with Crippen molar-refractivity contribution in [1.29, 1.82) is 0 Å². The van der Waals surface area contributed by atoms with Gasteiger partial charge in [-0.25, -0.2) is 0 Å². The van der Waals surface area contributed by atoms with Crippen LogP contribution in [0.25, 0.3) is 0 Å². The van der Waals surface area contributed by atoms with Gasteiger partial charge >= 0.3 is 0 Å². The summed E-state index contributed by atoms with van der Waals surface area (Å²) in [5.41, 5.74) is 3.75. The summed E-state index contributed by atoms with van der Waals surface area (Å²) in [6, 6.07) is 12.9. The quantitative estimate of drug-likeness (QED) is 0.870. The Hall–Kier alpha value is -1.69. The third kappa shape index (κ3) is 3.17. The molecule has 0 unspecified atom stereocenters. The number of aromatic nitrogens is 2. The molecule has 2 aromatic rings. The third-order valence-corrected chi connectivity index (χ3v) is 4.93. The lowest BCUT2D eigenvalue weighted by Gasteiger charge is -2.30. The molecule has 3 heterocycles. The van der Waals surface area contributed by atoms with Gasteiger partial charge in [0.25, 0.3) is 0 Å². The first-order valence-electron chi connectivity index (χ1n) is 8.52. The molecule has 0 bridgehead atoms. The first-order valence-corrected chi connectivity index (χ1v) is 8.52. The van der Waals surface area contributed by atoms with E-state index in [4.69, 9.17) is 5.10 Å². The van der Waals surface area contributed by atoms with Crippen LogP contribution in [0.5, 0.6) is 0 Å². The predicted molar refractivity (Wildman–Crippen MR) is 88.9 cm³/mol. The monoisotopic (exact) mass is 312 g/mol. The molecule has 2 aliphatic heterocycles. The molecular formula is C18H24N4O. The zero-order valence-corrected chi connectivity index (χ0v) is 13.4. The van der Waals surface area contributed by atoms with Gasteiger partial charge in [0.1, 0.15) is 0 Å². The Morgan fingerprint density at radius 2 is 2.09 bits per heavy atom. The van der Waals surface area contributed by atoms with Crippen molar-refractivity contribution >= 4 is 0 Å². The van der Waals surface area contributed by atoms with Crippen LogP contribution in [0.1, 0.15) is 23.4 Å². The zero-order chi connectivity index (χ0) is 15.6. The number of aryl methyl sites for hydroxylation is 2. The number of fused-ring (bicyclic) bond motifs is 1. The summed E-state index contributed by atoms with van der Waals surface area (Å²) in [5, 5.41) is 18.3. The van der Waals surface area contributed by atoms with Gasteiger partial charge in [-0.15, -0.1) is 0 Å². The molecule has 0 radical (unpaired) electrons.